The van der Waals surface area contributed by atoms with E-state index in [4.69, 9.17) is 4.74 Å². The Kier molecular flexibility index (Phi) is 3.21. The first kappa shape index (κ1) is 13.5. The van der Waals surface area contributed by atoms with Crippen LogP contribution >= 0.6 is 0 Å². The van der Waals surface area contributed by atoms with Gasteiger partial charge in [-0.15, -0.1) is 5.10 Å². The topological polar surface area (TPSA) is 101 Å². The van der Waals surface area contributed by atoms with E-state index in [1.165, 1.54) is 0 Å². The number of aromatic nitrogens is 3. The molecule has 2 N–H and O–H groups in total. The SMILES string of the molecule is O=C1N[C@@H]2CCN(C(=O)c3nc4n(n3)CCNCC4)C[C@H]2O1. The molecule has 2 saturated heterocycles. The summed E-state index contributed by atoms with van der Waals surface area (Å²) >= 11 is 0. The van der Waals surface area contributed by atoms with Gasteiger partial charge in [0.2, 0.25) is 5.82 Å². The third-order valence-corrected chi connectivity index (χ3v) is 4.37. The highest BCUT2D eigenvalue weighted by Gasteiger charge is 2.40. The Morgan fingerprint density at radius 2 is 2.23 bits per heavy atom. The fourth-order valence-corrected chi connectivity index (χ4v) is 3.19. The number of nitrogens with zero attached hydrogens (tertiary/aromatic N) is 4. The molecule has 9 nitrogen and oxygen atoms in total. The molecule has 0 saturated carbocycles. The number of hydrogen-bond donors (Lipinski definition) is 2. The second-order valence-corrected chi connectivity index (χ2v) is 5.81. The van der Waals surface area contributed by atoms with Crippen molar-refractivity contribution in [1.29, 1.82) is 0 Å². The molecular weight excluding hydrogens is 288 g/mol. The van der Waals surface area contributed by atoms with E-state index in [0.29, 0.717) is 19.5 Å². The number of amides is 2. The van der Waals surface area contributed by atoms with Gasteiger partial charge in [0.15, 0.2) is 0 Å². The van der Waals surface area contributed by atoms with Crippen molar-refractivity contribution in [3.05, 3.63) is 11.6 Å². The van der Waals surface area contributed by atoms with Crippen LogP contribution < -0.4 is 10.6 Å². The van der Waals surface area contributed by atoms with Gasteiger partial charge in [0.1, 0.15) is 11.9 Å². The maximum atomic E-state index is 12.6. The average Bonchev–Trinajstić information content (AvgIpc) is 3.01. The summed E-state index contributed by atoms with van der Waals surface area (Å²) in [4.78, 5) is 29.9. The number of alkyl carbamates (subject to hydrolysis) is 1. The molecule has 2 amide bonds. The van der Waals surface area contributed by atoms with Crippen molar-refractivity contribution in [3.63, 3.8) is 0 Å². The molecule has 4 rings (SSSR count). The third kappa shape index (κ3) is 2.31. The van der Waals surface area contributed by atoms with Gasteiger partial charge in [-0.1, -0.05) is 0 Å². The molecule has 2 fully saturated rings. The Balaban J connectivity index is 1.49. The smallest absolute Gasteiger partial charge is 0.407 e. The fraction of sp³-hybridized carbons (Fsp3) is 0.692. The van der Waals surface area contributed by atoms with Crippen LogP contribution in [0.4, 0.5) is 4.79 Å². The first-order valence-electron chi connectivity index (χ1n) is 7.61. The summed E-state index contributed by atoms with van der Waals surface area (Å²) in [6.07, 6.45) is 0.796. The summed E-state index contributed by atoms with van der Waals surface area (Å²) in [5.74, 6) is 0.903. The van der Waals surface area contributed by atoms with Crippen LogP contribution in [0.1, 0.15) is 22.9 Å². The van der Waals surface area contributed by atoms with Gasteiger partial charge in [0.25, 0.3) is 5.91 Å². The maximum Gasteiger partial charge on any atom is 0.407 e. The summed E-state index contributed by atoms with van der Waals surface area (Å²) in [6.45, 7) is 3.38. The van der Waals surface area contributed by atoms with Gasteiger partial charge in [0.05, 0.1) is 19.1 Å². The Morgan fingerprint density at radius 1 is 1.32 bits per heavy atom. The van der Waals surface area contributed by atoms with E-state index in [9.17, 15) is 9.59 Å². The summed E-state index contributed by atoms with van der Waals surface area (Å²) in [7, 11) is 0. The Labute approximate surface area is 127 Å². The van der Waals surface area contributed by atoms with Crippen molar-refractivity contribution >= 4 is 12.0 Å². The van der Waals surface area contributed by atoms with E-state index in [-0.39, 0.29) is 23.9 Å². The number of ether oxygens (including phenoxy) is 1. The molecule has 22 heavy (non-hydrogen) atoms. The van der Waals surface area contributed by atoms with E-state index in [1.54, 1.807) is 9.58 Å². The highest BCUT2D eigenvalue weighted by Crippen LogP contribution is 2.20. The maximum absolute atomic E-state index is 12.6. The first-order chi connectivity index (χ1) is 10.7. The fourth-order valence-electron chi connectivity index (χ4n) is 3.19. The van der Waals surface area contributed by atoms with Crippen molar-refractivity contribution < 1.29 is 14.3 Å². The van der Waals surface area contributed by atoms with E-state index in [1.807, 2.05) is 0 Å². The molecule has 0 bridgehead atoms. The van der Waals surface area contributed by atoms with Gasteiger partial charge < -0.3 is 20.3 Å². The Hall–Kier alpha value is -2.16. The Bertz CT molecular complexity index is 591. The number of hydrogen-bond acceptors (Lipinski definition) is 6. The van der Waals surface area contributed by atoms with Crippen molar-refractivity contribution in [2.45, 2.75) is 31.5 Å². The largest absolute Gasteiger partial charge is 0.442 e. The lowest BCUT2D eigenvalue weighted by molar-refractivity contribution is 0.0472. The van der Waals surface area contributed by atoms with Gasteiger partial charge in [0, 0.05) is 26.1 Å². The molecule has 0 unspecified atom stereocenters. The zero-order chi connectivity index (χ0) is 15.1. The third-order valence-electron chi connectivity index (χ3n) is 4.37. The number of piperidine rings is 1. The molecule has 118 valence electrons. The van der Waals surface area contributed by atoms with Crippen LogP contribution in [0.2, 0.25) is 0 Å². The molecule has 1 aromatic rings. The molecule has 0 spiro atoms. The number of nitrogens with one attached hydrogen (secondary N) is 2. The molecule has 2 atom stereocenters. The zero-order valence-electron chi connectivity index (χ0n) is 12.1. The normalized spacial score (nSPS) is 27.5. The molecular formula is C13H18N6O3. The predicted octanol–water partition coefficient (Wildman–Crippen LogP) is -1.25. The summed E-state index contributed by atoms with van der Waals surface area (Å²) in [5.41, 5.74) is 0. The molecule has 3 aliphatic heterocycles. The number of carbonyl (C=O) groups is 2. The minimum absolute atomic E-state index is 0.00861. The number of rotatable bonds is 1. The van der Waals surface area contributed by atoms with Crippen molar-refractivity contribution in [2.75, 3.05) is 26.2 Å². The summed E-state index contributed by atoms with van der Waals surface area (Å²) in [6, 6.07) is 0.00861. The van der Waals surface area contributed by atoms with Gasteiger partial charge >= 0.3 is 6.09 Å². The molecule has 1 aromatic heterocycles. The van der Waals surface area contributed by atoms with Crippen molar-refractivity contribution in [2.24, 2.45) is 0 Å². The van der Waals surface area contributed by atoms with Crippen LogP contribution in [0.15, 0.2) is 0 Å². The van der Waals surface area contributed by atoms with Crippen LogP contribution in [0.5, 0.6) is 0 Å². The summed E-state index contributed by atoms with van der Waals surface area (Å²) < 4.78 is 6.98. The molecule has 0 aliphatic carbocycles. The van der Waals surface area contributed by atoms with Gasteiger partial charge in [-0.2, -0.15) is 0 Å². The van der Waals surface area contributed by atoms with Crippen molar-refractivity contribution in [3.8, 4) is 0 Å². The number of carbonyl (C=O) groups excluding carboxylic acids is 2. The van der Waals surface area contributed by atoms with Gasteiger partial charge in [-0.05, 0) is 6.42 Å². The van der Waals surface area contributed by atoms with Crippen LogP contribution in [-0.4, -0.2) is 70.0 Å². The van der Waals surface area contributed by atoms with E-state index < -0.39 is 6.09 Å². The predicted molar refractivity (Wildman–Crippen MR) is 74.3 cm³/mol. The van der Waals surface area contributed by atoms with E-state index in [2.05, 4.69) is 20.7 Å². The monoisotopic (exact) mass is 306 g/mol. The summed E-state index contributed by atoms with van der Waals surface area (Å²) in [5, 5.41) is 10.4. The zero-order valence-corrected chi connectivity index (χ0v) is 12.1. The highest BCUT2D eigenvalue weighted by atomic mass is 16.6. The second-order valence-electron chi connectivity index (χ2n) is 5.81. The molecule has 3 aliphatic rings. The second kappa shape index (κ2) is 5.24. The minimum Gasteiger partial charge on any atom is -0.442 e. The number of fused-ring (bicyclic) bond motifs is 2. The lowest BCUT2D eigenvalue weighted by Gasteiger charge is -2.32. The van der Waals surface area contributed by atoms with E-state index in [0.717, 1.165) is 31.9 Å². The van der Waals surface area contributed by atoms with Crippen LogP contribution in [0.3, 0.4) is 0 Å². The standard InChI is InChI=1S/C13H18N6O3/c20-12(11-16-10-1-3-14-4-6-19(10)17-11)18-5-2-8-9(7-18)22-13(21)15-8/h8-9,14H,1-7H2,(H,15,21)/t8-,9-/m1/s1. The highest BCUT2D eigenvalue weighted by molar-refractivity contribution is 5.90. The molecule has 4 heterocycles. The van der Waals surface area contributed by atoms with Gasteiger partial charge in [-0.3, -0.25) is 4.79 Å². The van der Waals surface area contributed by atoms with E-state index >= 15 is 0 Å². The lowest BCUT2D eigenvalue weighted by Crippen LogP contribution is -2.50. The van der Waals surface area contributed by atoms with Crippen LogP contribution in [0, 0.1) is 0 Å². The first-order valence-corrected chi connectivity index (χ1v) is 7.61. The quantitative estimate of drug-likeness (QED) is 0.672. The molecule has 0 radical (unpaired) electrons. The van der Waals surface area contributed by atoms with Gasteiger partial charge in [-0.25, -0.2) is 14.5 Å². The molecule has 9 heteroatoms. The lowest BCUT2D eigenvalue weighted by atomic mass is 10.0. The Morgan fingerprint density at radius 3 is 3.14 bits per heavy atom. The number of likely N-dealkylation sites (tertiary alicyclic amines) is 1. The van der Waals surface area contributed by atoms with Crippen LogP contribution in [0.25, 0.3) is 0 Å². The average molecular weight is 306 g/mol. The van der Waals surface area contributed by atoms with Crippen LogP contribution in [-0.2, 0) is 17.7 Å². The minimum atomic E-state index is -0.399. The van der Waals surface area contributed by atoms with Crippen molar-refractivity contribution in [1.82, 2.24) is 30.3 Å². The molecule has 0 aromatic carbocycles.